The molecular formula is C12H14INO4. The number of phenolic OH excluding ortho intramolecular Hbond substituents is 1. The highest BCUT2D eigenvalue weighted by molar-refractivity contribution is 14.1. The largest absolute Gasteiger partial charge is 0.508 e. The van der Waals surface area contributed by atoms with Crippen molar-refractivity contribution in [1.29, 1.82) is 0 Å². The van der Waals surface area contributed by atoms with Crippen molar-refractivity contribution in [3.63, 3.8) is 0 Å². The molecule has 0 aliphatic rings. The van der Waals surface area contributed by atoms with Crippen LogP contribution < -0.4 is 5.48 Å². The van der Waals surface area contributed by atoms with Gasteiger partial charge < -0.3 is 10.2 Å². The second kappa shape index (κ2) is 6.72. The number of halogens is 1. The summed E-state index contributed by atoms with van der Waals surface area (Å²) in [7, 11) is 0. The van der Waals surface area contributed by atoms with Crippen LogP contribution in [-0.4, -0.2) is 21.3 Å². The Balaban J connectivity index is 2.86. The quantitative estimate of drug-likeness (QED) is 0.284. The first-order chi connectivity index (χ1) is 8.45. The lowest BCUT2D eigenvalue weighted by atomic mass is 9.96. The maximum absolute atomic E-state index is 10.8. The van der Waals surface area contributed by atoms with Gasteiger partial charge in [0.1, 0.15) is 5.75 Å². The molecule has 1 aromatic rings. The number of benzene rings is 1. The SMILES string of the molecule is C[C@@H](/C=C/C(=O)NO)[C@@H](O)c1cc(I)ccc1O. The molecule has 5 nitrogen and oxygen atoms in total. The summed E-state index contributed by atoms with van der Waals surface area (Å²) in [5, 5.41) is 28.1. The summed E-state index contributed by atoms with van der Waals surface area (Å²) in [5.74, 6) is -1.04. The Morgan fingerprint density at radius 1 is 1.50 bits per heavy atom. The van der Waals surface area contributed by atoms with E-state index < -0.39 is 12.0 Å². The van der Waals surface area contributed by atoms with Crippen molar-refractivity contribution in [3.8, 4) is 5.75 Å². The van der Waals surface area contributed by atoms with Crippen LogP contribution in [-0.2, 0) is 4.79 Å². The molecule has 98 valence electrons. The fourth-order valence-corrected chi connectivity index (χ4v) is 1.94. The van der Waals surface area contributed by atoms with E-state index in [0.717, 1.165) is 9.65 Å². The molecule has 0 saturated carbocycles. The molecule has 1 aromatic carbocycles. The highest BCUT2D eigenvalue weighted by Crippen LogP contribution is 2.31. The molecule has 0 unspecified atom stereocenters. The smallest absolute Gasteiger partial charge is 0.267 e. The van der Waals surface area contributed by atoms with E-state index in [1.807, 2.05) is 0 Å². The Morgan fingerprint density at radius 3 is 2.78 bits per heavy atom. The average molecular weight is 363 g/mol. The van der Waals surface area contributed by atoms with Crippen LogP contribution in [0.4, 0.5) is 0 Å². The van der Waals surface area contributed by atoms with Crippen molar-refractivity contribution < 1.29 is 20.2 Å². The third-order valence-electron chi connectivity index (χ3n) is 2.47. The third-order valence-corrected chi connectivity index (χ3v) is 3.14. The lowest BCUT2D eigenvalue weighted by molar-refractivity contribution is -0.124. The molecular weight excluding hydrogens is 349 g/mol. The summed E-state index contributed by atoms with van der Waals surface area (Å²) in [5.41, 5.74) is 1.87. The van der Waals surface area contributed by atoms with Crippen LogP contribution in [0.2, 0.25) is 0 Å². The van der Waals surface area contributed by atoms with Gasteiger partial charge in [-0.3, -0.25) is 10.0 Å². The van der Waals surface area contributed by atoms with Gasteiger partial charge in [-0.1, -0.05) is 13.0 Å². The molecule has 0 aliphatic carbocycles. The summed E-state index contributed by atoms with van der Waals surface area (Å²) in [4.78, 5) is 10.8. The molecule has 2 atom stereocenters. The number of carbonyl (C=O) groups is 1. The van der Waals surface area contributed by atoms with E-state index >= 15 is 0 Å². The van der Waals surface area contributed by atoms with E-state index in [4.69, 9.17) is 5.21 Å². The standard InChI is InChI=1S/C12H14INO4/c1-7(2-5-11(16)14-18)12(17)9-6-8(13)3-4-10(9)15/h2-7,12,15,17-18H,1H3,(H,14,16)/b5-2+/t7-,12+/m0/s1. The summed E-state index contributed by atoms with van der Waals surface area (Å²) < 4.78 is 0.892. The Morgan fingerprint density at radius 2 is 2.17 bits per heavy atom. The van der Waals surface area contributed by atoms with Crippen LogP contribution >= 0.6 is 22.6 Å². The molecule has 0 fully saturated rings. The number of carbonyl (C=O) groups excluding carboxylic acids is 1. The van der Waals surface area contributed by atoms with Crippen LogP contribution in [0, 0.1) is 9.49 Å². The molecule has 0 aromatic heterocycles. The lowest BCUT2D eigenvalue weighted by Gasteiger charge is -2.17. The van der Waals surface area contributed by atoms with Crippen LogP contribution in [0.3, 0.4) is 0 Å². The van der Waals surface area contributed by atoms with Crippen LogP contribution in [0.25, 0.3) is 0 Å². The summed E-state index contributed by atoms with van der Waals surface area (Å²) in [6.07, 6.45) is 1.65. The monoisotopic (exact) mass is 363 g/mol. The Kier molecular flexibility index (Phi) is 5.57. The van der Waals surface area contributed by atoms with E-state index in [1.54, 1.807) is 19.1 Å². The molecule has 0 saturated heterocycles. The van der Waals surface area contributed by atoms with Crippen molar-refractivity contribution in [2.24, 2.45) is 5.92 Å². The van der Waals surface area contributed by atoms with E-state index in [-0.39, 0.29) is 11.7 Å². The Bertz CT molecular complexity index is 461. The summed E-state index contributed by atoms with van der Waals surface area (Å²) >= 11 is 2.08. The zero-order valence-corrected chi connectivity index (χ0v) is 11.8. The van der Waals surface area contributed by atoms with Crippen LogP contribution in [0.1, 0.15) is 18.6 Å². The summed E-state index contributed by atoms with van der Waals surface area (Å²) in [6.45, 7) is 1.70. The first-order valence-electron chi connectivity index (χ1n) is 5.24. The van der Waals surface area contributed by atoms with Gasteiger partial charge in [-0.05, 0) is 40.8 Å². The number of aliphatic hydroxyl groups excluding tert-OH is 1. The van der Waals surface area contributed by atoms with Crippen molar-refractivity contribution in [3.05, 3.63) is 39.5 Å². The minimum absolute atomic E-state index is 0.00905. The van der Waals surface area contributed by atoms with Gasteiger partial charge in [-0.15, -0.1) is 0 Å². The molecule has 0 radical (unpaired) electrons. The number of hydrogen-bond donors (Lipinski definition) is 4. The molecule has 0 spiro atoms. The number of rotatable bonds is 4. The molecule has 0 bridgehead atoms. The fourth-order valence-electron chi connectivity index (χ4n) is 1.43. The average Bonchev–Trinajstić information content (AvgIpc) is 2.37. The van der Waals surface area contributed by atoms with Gasteiger partial charge in [0.25, 0.3) is 5.91 Å². The van der Waals surface area contributed by atoms with Crippen molar-refractivity contribution >= 4 is 28.5 Å². The third kappa shape index (κ3) is 3.97. The van der Waals surface area contributed by atoms with Gasteiger partial charge in [-0.2, -0.15) is 0 Å². The van der Waals surface area contributed by atoms with Crippen molar-refractivity contribution in [1.82, 2.24) is 5.48 Å². The molecule has 1 rings (SSSR count). The first-order valence-corrected chi connectivity index (χ1v) is 6.32. The number of hydrogen-bond acceptors (Lipinski definition) is 4. The maximum Gasteiger partial charge on any atom is 0.267 e. The van der Waals surface area contributed by atoms with Gasteiger partial charge in [0, 0.05) is 21.1 Å². The second-order valence-corrected chi connectivity index (χ2v) is 5.09. The maximum atomic E-state index is 10.8. The lowest BCUT2D eigenvalue weighted by Crippen LogP contribution is -2.16. The molecule has 0 heterocycles. The first kappa shape index (κ1) is 14.9. The fraction of sp³-hybridized carbons (Fsp3) is 0.250. The Hall–Kier alpha value is -1.12. The summed E-state index contributed by atoms with van der Waals surface area (Å²) in [6, 6.07) is 4.92. The minimum Gasteiger partial charge on any atom is -0.508 e. The number of amides is 1. The van der Waals surface area contributed by atoms with Gasteiger partial charge in [-0.25, -0.2) is 5.48 Å². The van der Waals surface area contributed by atoms with E-state index in [2.05, 4.69) is 22.6 Å². The van der Waals surface area contributed by atoms with Gasteiger partial charge >= 0.3 is 0 Å². The highest BCUT2D eigenvalue weighted by atomic mass is 127. The van der Waals surface area contributed by atoms with Gasteiger partial charge in [0.05, 0.1) is 6.10 Å². The minimum atomic E-state index is -0.928. The zero-order valence-electron chi connectivity index (χ0n) is 9.67. The van der Waals surface area contributed by atoms with Gasteiger partial charge in [0.2, 0.25) is 0 Å². The van der Waals surface area contributed by atoms with Crippen LogP contribution in [0.5, 0.6) is 5.75 Å². The number of aliphatic hydroxyl groups is 1. The van der Waals surface area contributed by atoms with Crippen molar-refractivity contribution in [2.75, 3.05) is 0 Å². The zero-order chi connectivity index (χ0) is 13.7. The van der Waals surface area contributed by atoms with Gasteiger partial charge in [0.15, 0.2) is 0 Å². The molecule has 0 aliphatic heterocycles. The second-order valence-electron chi connectivity index (χ2n) is 3.84. The number of hydroxylamine groups is 1. The predicted octanol–water partition coefficient (Wildman–Crippen LogP) is 1.73. The van der Waals surface area contributed by atoms with Crippen LogP contribution in [0.15, 0.2) is 30.4 Å². The molecule has 4 N–H and O–H groups in total. The number of nitrogens with one attached hydrogen (secondary N) is 1. The molecule has 1 amide bonds. The number of aromatic hydroxyl groups is 1. The predicted molar refractivity (Wildman–Crippen MR) is 74.0 cm³/mol. The Labute approximate surface area is 118 Å². The normalized spacial score (nSPS) is 14.4. The van der Waals surface area contributed by atoms with E-state index in [1.165, 1.54) is 17.6 Å². The highest BCUT2D eigenvalue weighted by Gasteiger charge is 2.18. The van der Waals surface area contributed by atoms with E-state index in [0.29, 0.717) is 5.56 Å². The number of phenols is 1. The van der Waals surface area contributed by atoms with E-state index in [9.17, 15) is 15.0 Å². The topological polar surface area (TPSA) is 89.8 Å². The molecule has 18 heavy (non-hydrogen) atoms. The van der Waals surface area contributed by atoms with Crippen molar-refractivity contribution in [2.45, 2.75) is 13.0 Å². The molecule has 6 heteroatoms.